The Morgan fingerprint density at radius 1 is 1.05 bits per heavy atom. The van der Waals surface area contributed by atoms with E-state index < -0.39 is 43.4 Å². The van der Waals surface area contributed by atoms with Gasteiger partial charge in [0.05, 0.1) is 13.2 Å². The Balaban J connectivity index is 2.19. The molecule has 6 nitrogen and oxygen atoms in total. The standard InChI is InChI=1S/C14H21O6/c1-2-14(9-5-3-4-6-9)19-12(10(17)7-15)13(20-14)11(18)8-16/h3-6,10-13,15-18H,2,7-8H2,1H3/t10-,11-,12-,13-/m1/s1. The van der Waals surface area contributed by atoms with E-state index in [1.165, 1.54) is 0 Å². The zero-order valence-corrected chi connectivity index (χ0v) is 11.3. The normalized spacial score (nSPS) is 33.5. The van der Waals surface area contributed by atoms with Gasteiger partial charge in [0.25, 0.3) is 0 Å². The third-order valence-electron chi connectivity index (χ3n) is 3.68. The Hall–Kier alpha value is -0.240. The predicted octanol–water partition coefficient (Wildman–Crippen LogP) is -1.01. The lowest BCUT2D eigenvalue weighted by molar-refractivity contribution is -0.174. The smallest absolute Gasteiger partial charge is 0.176 e. The quantitative estimate of drug-likeness (QED) is 0.499. The molecule has 1 aliphatic carbocycles. The SMILES string of the molecule is CCC1([C]2[CH][CH][CH][CH]2)O[C@H]([C@H](O)CO)[C@@H]([C@H](O)CO)O1. The predicted molar refractivity (Wildman–Crippen MR) is 69.4 cm³/mol. The Morgan fingerprint density at radius 3 is 1.85 bits per heavy atom. The molecule has 6 heteroatoms. The van der Waals surface area contributed by atoms with Crippen LogP contribution in [0.5, 0.6) is 0 Å². The van der Waals surface area contributed by atoms with Crippen LogP contribution < -0.4 is 0 Å². The largest absolute Gasteiger partial charge is 0.394 e. The molecule has 20 heavy (non-hydrogen) atoms. The zero-order valence-electron chi connectivity index (χ0n) is 11.3. The van der Waals surface area contributed by atoms with Crippen molar-refractivity contribution in [2.24, 2.45) is 0 Å². The summed E-state index contributed by atoms with van der Waals surface area (Å²) >= 11 is 0. The fraction of sp³-hybridized carbons (Fsp3) is 0.643. The second-order valence-corrected chi connectivity index (χ2v) is 4.94. The first-order chi connectivity index (χ1) is 9.57. The number of aliphatic hydroxyl groups excluding tert-OH is 4. The van der Waals surface area contributed by atoms with Crippen molar-refractivity contribution in [1.29, 1.82) is 0 Å². The second kappa shape index (κ2) is 6.68. The molecular formula is C14H21O6. The highest BCUT2D eigenvalue weighted by atomic mass is 16.8. The summed E-state index contributed by atoms with van der Waals surface area (Å²) in [7, 11) is 0. The molecule has 0 bridgehead atoms. The van der Waals surface area contributed by atoms with Crippen LogP contribution in [0.25, 0.3) is 0 Å². The molecule has 4 atom stereocenters. The first-order valence-corrected chi connectivity index (χ1v) is 6.73. The van der Waals surface area contributed by atoms with Gasteiger partial charge in [-0.15, -0.1) is 0 Å². The van der Waals surface area contributed by atoms with Crippen molar-refractivity contribution in [1.82, 2.24) is 0 Å². The molecule has 0 aromatic heterocycles. The minimum atomic E-state index is -1.19. The number of hydrogen-bond donors (Lipinski definition) is 4. The lowest BCUT2D eigenvalue weighted by Crippen LogP contribution is -2.45. The van der Waals surface area contributed by atoms with E-state index in [0.29, 0.717) is 6.42 Å². The van der Waals surface area contributed by atoms with Crippen LogP contribution >= 0.6 is 0 Å². The van der Waals surface area contributed by atoms with Gasteiger partial charge in [-0.05, 0) is 32.1 Å². The highest BCUT2D eigenvalue weighted by Crippen LogP contribution is 2.46. The fourth-order valence-electron chi connectivity index (χ4n) is 2.54. The van der Waals surface area contributed by atoms with Gasteiger partial charge in [-0.1, -0.05) is 6.92 Å². The Morgan fingerprint density at radius 2 is 1.50 bits per heavy atom. The molecule has 4 N–H and O–H groups in total. The maximum Gasteiger partial charge on any atom is 0.176 e. The molecule has 1 saturated carbocycles. The maximum absolute atomic E-state index is 9.85. The summed E-state index contributed by atoms with van der Waals surface area (Å²) < 4.78 is 11.7. The molecule has 0 amide bonds. The number of ether oxygens (including phenoxy) is 2. The number of hydrogen-bond acceptors (Lipinski definition) is 6. The third-order valence-corrected chi connectivity index (χ3v) is 3.68. The molecule has 1 aliphatic heterocycles. The molecule has 1 saturated heterocycles. The molecule has 1 heterocycles. The average molecular weight is 285 g/mol. The van der Waals surface area contributed by atoms with Crippen molar-refractivity contribution in [3.05, 3.63) is 31.6 Å². The molecule has 0 spiro atoms. The molecule has 0 aromatic carbocycles. The van der Waals surface area contributed by atoms with E-state index in [2.05, 4.69) is 0 Å². The molecule has 2 rings (SSSR count). The van der Waals surface area contributed by atoms with Crippen LogP contribution in [0.15, 0.2) is 0 Å². The number of rotatable bonds is 6. The number of aliphatic hydroxyl groups is 4. The lowest BCUT2D eigenvalue weighted by Gasteiger charge is -2.32. The Kier molecular flexibility index (Phi) is 5.39. The molecule has 113 valence electrons. The summed E-state index contributed by atoms with van der Waals surface area (Å²) in [6.07, 6.45) is 3.63. The van der Waals surface area contributed by atoms with Gasteiger partial charge >= 0.3 is 0 Å². The van der Waals surface area contributed by atoms with E-state index in [0.717, 1.165) is 5.92 Å². The summed E-state index contributed by atoms with van der Waals surface area (Å²) in [6.45, 7) is 0.843. The van der Waals surface area contributed by atoms with Gasteiger partial charge in [-0.25, -0.2) is 0 Å². The second-order valence-electron chi connectivity index (χ2n) is 4.94. The van der Waals surface area contributed by atoms with Crippen molar-refractivity contribution in [2.45, 2.75) is 43.5 Å². The van der Waals surface area contributed by atoms with E-state index in [1.807, 2.05) is 32.6 Å². The van der Waals surface area contributed by atoms with Crippen LogP contribution in [0.3, 0.4) is 0 Å². The minimum absolute atomic E-state index is 0.473. The Bertz CT molecular complexity index is 286. The van der Waals surface area contributed by atoms with E-state index in [1.54, 1.807) is 0 Å². The molecule has 0 unspecified atom stereocenters. The van der Waals surface area contributed by atoms with Crippen molar-refractivity contribution in [3.63, 3.8) is 0 Å². The van der Waals surface area contributed by atoms with Gasteiger partial charge in [0.1, 0.15) is 24.4 Å². The van der Waals surface area contributed by atoms with E-state index in [-0.39, 0.29) is 0 Å². The van der Waals surface area contributed by atoms with Gasteiger partial charge in [-0.3, -0.25) is 0 Å². The summed E-state index contributed by atoms with van der Waals surface area (Å²) in [5, 5.41) is 37.9. The van der Waals surface area contributed by atoms with Crippen molar-refractivity contribution >= 4 is 0 Å². The highest BCUT2D eigenvalue weighted by molar-refractivity contribution is 5.40. The average Bonchev–Trinajstić information content (AvgIpc) is 3.13. The zero-order chi connectivity index (χ0) is 14.8. The van der Waals surface area contributed by atoms with Crippen LogP contribution in [0.4, 0.5) is 0 Å². The fourth-order valence-corrected chi connectivity index (χ4v) is 2.54. The first-order valence-electron chi connectivity index (χ1n) is 6.73. The summed E-state index contributed by atoms with van der Waals surface area (Å²) in [6, 6.07) is 0. The summed E-state index contributed by atoms with van der Waals surface area (Å²) in [4.78, 5) is 0. The highest BCUT2D eigenvalue weighted by Gasteiger charge is 2.55. The summed E-state index contributed by atoms with van der Waals surface area (Å²) in [5.41, 5.74) is 0. The van der Waals surface area contributed by atoms with E-state index in [9.17, 15) is 10.2 Å². The summed E-state index contributed by atoms with van der Waals surface area (Å²) in [5.74, 6) is -0.298. The van der Waals surface area contributed by atoms with Crippen LogP contribution in [0.1, 0.15) is 13.3 Å². The molecule has 2 aliphatic rings. The monoisotopic (exact) mass is 285 g/mol. The molecule has 2 fully saturated rings. The van der Waals surface area contributed by atoms with Crippen LogP contribution in [-0.4, -0.2) is 63.8 Å². The van der Waals surface area contributed by atoms with Gasteiger partial charge in [-0.2, -0.15) is 0 Å². The van der Waals surface area contributed by atoms with Crippen LogP contribution in [0, 0.1) is 31.6 Å². The molecule has 0 aromatic rings. The van der Waals surface area contributed by atoms with E-state index in [4.69, 9.17) is 19.7 Å². The van der Waals surface area contributed by atoms with Crippen molar-refractivity contribution < 1.29 is 29.9 Å². The van der Waals surface area contributed by atoms with Crippen molar-refractivity contribution in [3.8, 4) is 0 Å². The maximum atomic E-state index is 9.85. The van der Waals surface area contributed by atoms with Crippen molar-refractivity contribution in [2.75, 3.05) is 13.2 Å². The van der Waals surface area contributed by atoms with Gasteiger partial charge in [0.2, 0.25) is 0 Å². The first kappa shape index (κ1) is 16.1. The lowest BCUT2D eigenvalue weighted by atomic mass is 9.94. The van der Waals surface area contributed by atoms with E-state index >= 15 is 0 Å². The molecule has 5 radical (unpaired) electrons. The van der Waals surface area contributed by atoms with Crippen LogP contribution in [0.2, 0.25) is 0 Å². The van der Waals surface area contributed by atoms with Gasteiger partial charge in [0, 0.05) is 5.92 Å². The third kappa shape index (κ3) is 2.86. The van der Waals surface area contributed by atoms with Gasteiger partial charge in [0.15, 0.2) is 5.79 Å². The topological polar surface area (TPSA) is 99.4 Å². The molecular weight excluding hydrogens is 264 g/mol. The minimum Gasteiger partial charge on any atom is -0.394 e. The van der Waals surface area contributed by atoms with Gasteiger partial charge < -0.3 is 29.9 Å². The van der Waals surface area contributed by atoms with Crippen LogP contribution in [-0.2, 0) is 9.47 Å². The Labute approximate surface area is 119 Å².